The Bertz CT molecular complexity index is 627. The van der Waals surface area contributed by atoms with Gasteiger partial charge in [-0.1, -0.05) is 43.2 Å². The van der Waals surface area contributed by atoms with E-state index in [0.717, 1.165) is 18.4 Å². The van der Waals surface area contributed by atoms with Gasteiger partial charge in [0.1, 0.15) is 6.10 Å². The Morgan fingerprint density at radius 2 is 1.84 bits per heavy atom. The highest BCUT2D eigenvalue weighted by Gasteiger charge is 2.41. The highest BCUT2D eigenvalue weighted by molar-refractivity contribution is 5.89. The number of morpholine rings is 1. The first kappa shape index (κ1) is 16.6. The SMILES string of the molecule is O=C([C@H]1CC(=O)N(C2CCCC2)C1)N1CCO[C@@H](c2ccccc2)C1. The number of nitrogens with zero attached hydrogens (tertiary/aromatic N) is 2. The van der Waals surface area contributed by atoms with Gasteiger partial charge in [0.2, 0.25) is 11.8 Å². The largest absolute Gasteiger partial charge is 0.370 e. The predicted octanol–water partition coefficient (Wildman–Crippen LogP) is 2.38. The average Bonchev–Trinajstić information content (AvgIpc) is 3.31. The minimum atomic E-state index is -0.178. The molecule has 5 heteroatoms. The third kappa shape index (κ3) is 3.43. The Balaban J connectivity index is 1.40. The van der Waals surface area contributed by atoms with E-state index >= 15 is 0 Å². The predicted molar refractivity (Wildman–Crippen MR) is 93.8 cm³/mol. The molecule has 0 N–H and O–H groups in total. The van der Waals surface area contributed by atoms with Gasteiger partial charge in [-0.25, -0.2) is 0 Å². The third-order valence-electron chi connectivity index (χ3n) is 5.82. The van der Waals surface area contributed by atoms with Crippen molar-refractivity contribution in [1.82, 2.24) is 9.80 Å². The van der Waals surface area contributed by atoms with Gasteiger partial charge in [-0.2, -0.15) is 0 Å². The van der Waals surface area contributed by atoms with E-state index < -0.39 is 0 Å². The fraction of sp³-hybridized carbons (Fsp3) is 0.600. The third-order valence-corrected chi connectivity index (χ3v) is 5.82. The van der Waals surface area contributed by atoms with Gasteiger partial charge in [0.05, 0.1) is 19.1 Å². The smallest absolute Gasteiger partial charge is 0.228 e. The summed E-state index contributed by atoms with van der Waals surface area (Å²) in [5.41, 5.74) is 1.11. The van der Waals surface area contributed by atoms with Gasteiger partial charge in [-0.15, -0.1) is 0 Å². The molecule has 2 heterocycles. The molecule has 0 unspecified atom stereocenters. The summed E-state index contributed by atoms with van der Waals surface area (Å²) < 4.78 is 5.86. The maximum atomic E-state index is 13.0. The summed E-state index contributed by atoms with van der Waals surface area (Å²) in [4.78, 5) is 29.2. The van der Waals surface area contributed by atoms with E-state index in [4.69, 9.17) is 4.74 Å². The Hall–Kier alpha value is -1.88. The Morgan fingerprint density at radius 3 is 2.60 bits per heavy atom. The molecular formula is C20H26N2O3. The average molecular weight is 342 g/mol. The van der Waals surface area contributed by atoms with E-state index in [1.807, 2.05) is 40.1 Å². The van der Waals surface area contributed by atoms with E-state index in [-0.39, 0.29) is 23.8 Å². The zero-order valence-electron chi connectivity index (χ0n) is 14.6. The van der Waals surface area contributed by atoms with Crippen LogP contribution in [0.25, 0.3) is 0 Å². The number of likely N-dealkylation sites (tertiary alicyclic amines) is 1. The normalized spacial score (nSPS) is 27.9. The first-order valence-corrected chi connectivity index (χ1v) is 9.47. The van der Waals surface area contributed by atoms with Crippen molar-refractivity contribution in [3.63, 3.8) is 0 Å². The number of hydrogen-bond acceptors (Lipinski definition) is 3. The second-order valence-corrected chi connectivity index (χ2v) is 7.44. The molecule has 134 valence electrons. The van der Waals surface area contributed by atoms with Crippen molar-refractivity contribution in [2.45, 2.75) is 44.2 Å². The van der Waals surface area contributed by atoms with Gasteiger partial charge in [0.25, 0.3) is 0 Å². The molecule has 4 rings (SSSR count). The lowest BCUT2D eigenvalue weighted by molar-refractivity contribution is -0.143. The van der Waals surface area contributed by atoms with Gasteiger partial charge in [-0.05, 0) is 18.4 Å². The zero-order valence-corrected chi connectivity index (χ0v) is 14.6. The summed E-state index contributed by atoms with van der Waals surface area (Å²) in [6.45, 7) is 2.36. The molecule has 0 aromatic heterocycles. The van der Waals surface area contributed by atoms with Crippen molar-refractivity contribution < 1.29 is 14.3 Å². The molecule has 2 amide bonds. The second-order valence-electron chi connectivity index (χ2n) is 7.44. The van der Waals surface area contributed by atoms with Crippen LogP contribution in [0.4, 0.5) is 0 Å². The van der Waals surface area contributed by atoms with Gasteiger partial charge in [-0.3, -0.25) is 9.59 Å². The molecule has 1 aromatic carbocycles. The van der Waals surface area contributed by atoms with E-state index in [1.165, 1.54) is 12.8 Å². The monoisotopic (exact) mass is 342 g/mol. The van der Waals surface area contributed by atoms with Gasteiger partial charge < -0.3 is 14.5 Å². The second kappa shape index (κ2) is 7.16. The highest BCUT2D eigenvalue weighted by atomic mass is 16.5. The summed E-state index contributed by atoms with van der Waals surface area (Å²) >= 11 is 0. The van der Waals surface area contributed by atoms with Crippen molar-refractivity contribution in [2.24, 2.45) is 5.92 Å². The van der Waals surface area contributed by atoms with Crippen molar-refractivity contribution in [2.75, 3.05) is 26.2 Å². The van der Waals surface area contributed by atoms with Crippen molar-refractivity contribution in [3.05, 3.63) is 35.9 Å². The molecule has 1 aromatic rings. The van der Waals surface area contributed by atoms with Crippen molar-refractivity contribution in [3.8, 4) is 0 Å². The van der Waals surface area contributed by atoms with E-state index in [9.17, 15) is 9.59 Å². The molecule has 1 saturated carbocycles. The number of rotatable bonds is 3. The number of amides is 2. The maximum Gasteiger partial charge on any atom is 0.228 e. The molecule has 5 nitrogen and oxygen atoms in total. The van der Waals surface area contributed by atoms with Crippen LogP contribution in [-0.2, 0) is 14.3 Å². The fourth-order valence-corrected chi connectivity index (χ4v) is 4.44. The van der Waals surface area contributed by atoms with Crippen LogP contribution in [0.3, 0.4) is 0 Å². The van der Waals surface area contributed by atoms with Gasteiger partial charge in [0, 0.05) is 25.6 Å². The van der Waals surface area contributed by atoms with E-state index in [0.29, 0.717) is 38.7 Å². The lowest BCUT2D eigenvalue weighted by Gasteiger charge is -2.34. The number of hydrogen-bond donors (Lipinski definition) is 0. The van der Waals surface area contributed by atoms with Crippen molar-refractivity contribution >= 4 is 11.8 Å². The van der Waals surface area contributed by atoms with Gasteiger partial charge >= 0.3 is 0 Å². The van der Waals surface area contributed by atoms with Gasteiger partial charge in [0.15, 0.2) is 0 Å². The summed E-state index contributed by atoms with van der Waals surface area (Å²) in [6, 6.07) is 10.4. The molecule has 2 aliphatic heterocycles. The van der Waals surface area contributed by atoms with E-state index in [1.54, 1.807) is 0 Å². The van der Waals surface area contributed by atoms with Crippen LogP contribution in [0.2, 0.25) is 0 Å². The number of benzene rings is 1. The first-order valence-electron chi connectivity index (χ1n) is 9.47. The highest BCUT2D eigenvalue weighted by Crippen LogP contribution is 2.31. The summed E-state index contributed by atoms with van der Waals surface area (Å²) in [5, 5.41) is 0. The Morgan fingerprint density at radius 1 is 1.08 bits per heavy atom. The molecule has 0 radical (unpaired) electrons. The molecule has 1 aliphatic carbocycles. The molecule has 2 saturated heterocycles. The van der Waals surface area contributed by atoms with Crippen LogP contribution < -0.4 is 0 Å². The molecule has 3 fully saturated rings. The van der Waals surface area contributed by atoms with Crippen LogP contribution in [-0.4, -0.2) is 53.9 Å². The first-order chi connectivity index (χ1) is 12.2. The van der Waals surface area contributed by atoms with Crippen LogP contribution in [0.1, 0.15) is 43.8 Å². The van der Waals surface area contributed by atoms with Crippen LogP contribution in [0, 0.1) is 5.92 Å². The number of carbonyl (C=O) groups is 2. The molecule has 2 atom stereocenters. The van der Waals surface area contributed by atoms with Crippen LogP contribution >= 0.6 is 0 Å². The lowest BCUT2D eigenvalue weighted by Crippen LogP contribution is -2.45. The molecule has 3 aliphatic rings. The summed E-state index contributed by atoms with van der Waals surface area (Å²) in [7, 11) is 0. The zero-order chi connectivity index (χ0) is 17.2. The van der Waals surface area contributed by atoms with Crippen LogP contribution in [0.15, 0.2) is 30.3 Å². The number of carbonyl (C=O) groups excluding carboxylic acids is 2. The Labute approximate surface area is 148 Å². The van der Waals surface area contributed by atoms with Crippen LogP contribution in [0.5, 0.6) is 0 Å². The standard InChI is InChI=1S/C20H26N2O3/c23-19-12-16(13-22(19)17-8-4-5-9-17)20(24)21-10-11-25-18(14-21)15-6-2-1-3-7-15/h1-3,6-7,16-18H,4-5,8-14H2/t16-,18+/m0/s1. The Kier molecular flexibility index (Phi) is 4.75. The minimum Gasteiger partial charge on any atom is -0.370 e. The quantitative estimate of drug-likeness (QED) is 0.847. The molecule has 0 bridgehead atoms. The molecule has 25 heavy (non-hydrogen) atoms. The van der Waals surface area contributed by atoms with Crippen molar-refractivity contribution in [1.29, 1.82) is 0 Å². The number of ether oxygens (including phenoxy) is 1. The summed E-state index contributed by atoms with van der Waals surface area (Å²) in [6.07, 6.45) is 4.91. The summed E-state index contributed by atoms with van der Waals surface area (Å²) in [5.74, 6) is 0.110. The lowest BCUT2D eigenvalue weighted by atomic mass is 10.0. The molecular weight excluding hydrogens is 316 g/mol. The minimum absolute atomic E-state index is 0.0676. The topological polar surface area (TPSA) is 49.9 Å². The van der Waals surface area contributed by atoms with E-state index in [2.05, 4.69) is 0 Å². The molecule has 0 spiro atoms. The fourth-order valence-electron chi connectivity index (χ4n) is 4.44. The maximum absolute atomic E-state index is 13.0.